The maximum absolute atomic E-state index is 13.7. The Kier molecular flexibility index (Phi) is 8.51. The second-order valence-electron chi connectivity index (χ2n) is 10.2. The van der Waals surface area contributed by atoms with Gasteiger partial charge in [-0.2, -0.15) is 0 Å². The highest BCUT2D eigenvalue weighted by atomic mass is 32.2. The summed E-state index contributed by atoms with van der Waals surface area (Å²) >= 11 is 1.55. The third kappa shape index (κ3) is 6.47. The number of methoxy groups -OCH3 is 1. The van der Waals surface area contributed by atoms with Crippen LogP contribution in [0.2, 0.25) is 0 Å². The SMILES string of the molecule is COc1ccc(-n2c(SCc3ccccn3)nnc2C(Cc2ccccc2)NC(=O)Cc2c(C)[nH]c3ccccc23)cc1. The molecule has 1 amide bonds. The molecule has 3 heterocycles. The molecular weight excluding hydrogens is 556 g/mol. The quantitative estimate of drug-likeness (QED) is 0.170. The zero-order chi connectivity index (χ0) is 29.6. The Balaban J connectivity index is 1.36. The van der Waals surface area contributed by atoms with E-state index in [2.05, 4.69) is 37.6 Å². The molecule has 1 unspecified atom stereocenters. The van der Waals surface area contributed by atoms with Crippen molar-refractivity contribution in [1.29, 1.82) is 0 Å². The Morgan fingerprint density at radius 2 is 1.72 bits per heavy atom. The number of aryl methyl sites for hydroxylation is 1. The second-order valence-corrected chi connectivity index (χ2v) is 11.2. The Morgan fingerprint density at radius 3 is 2.49 bits per heavy atom. The highest BCUT2D eigenvalue weighted by Crippen LogP contribution is 2.30. The monoisotopic (exact) mass is 588 g/mol. The van der Waals surface area contributed by atoms with Crippen molar-refractivity contribution in [3.05, 3.63) is 132 Å². The normalized spacial score (nSPS) is 11.9. The van der Waals surface area contributed by atoms with E-state index in [1.54, 1.807) is 25.1 Å². The van der Waals surface area contributed by atoms with E-state index in [9.17, 15) is 4.79 Å². The van der Waals surface area contributed by atoms with Crippen molar-refractivity contribution in [3.63, 3.8) is 0 Å². The first-order valence-corrected chi connectivity index (χ1v) is 15.1. The topological polar surface area (TPSA) is 97.7 Å². The minimum Gasteiger partial charge on any atom is -0.497 e. The number of aromatic amines is 1. The second kappa shape index (κ2) is 13.0. The molecule has 9 heteroatoms. The summed E-state index contributed by atoms with van der Waals surface area (Å²) < 4.78 is 7.43. The molecule has 216 valence electrons. The van der Waals surface area contributed by atoms with Crippen LogP contribution in [0.1, 0.15) is 34.4 Å². The van der Waals surface area contributed by atoms with Crippen molar-refractivity contribution in [2.45, 2.75) is 36.7 Å². The minimum atomic E-state index is -0.431. The molecule has 0 saturated heterocycles. The molecule has 6 rings (SSSR count). The summed E-state index contributed by atoms with van der Waals surface area (Å²) in [5, 5.41) is 14.4. The van der Waals surface area contributed by atoms with Gasteiger partial charge in [-0.15, -0.1) is 10.2 Å². The summed E-state index contributed by atoms with van der Waals surface area (Å²) in [6.07, 6.45) is 2.59. The summed E-state index contributed by atoms with van der Waals surface area (Å²) in [5.41, 5.74) is 5.92. The predicted molar refractivity (Wildman–Crippen MR) is 169 cm³/mol. The van der Waals surface area contributed by atoms with Crippen molar-refractivity contribution >= 4 is 28.6 Å². The number of ether oxygens (including phenoxy) is 1. The van der Waals surface area contributed by atoms with E-state index >= 15 is 0 Å². The Morgan fingerprint density at radius 1 is 0.953 bits per heavy atom. The van der Waals surface area contributed by atoms with E-state index in [1.165, 1.54) is 0 Å². The number of H-pyrrole nitrogens is 1. The number of para-hydroxylation sites is 1. The fourth-order valence-corrected chi connectivity index (χ4v) is 6.10. The maximum Gasteiger partial charge on any atom is 0.225 e. The van der Waals surface area contributed by atoms with Crippen molar-refractivity contribution < 1.29 is 9.53 Å². The Bertz CT molecular complexity index is 1820. The zero-order valence-electron chi connectivity index (χ0n) is 24.0. The van der Waals surface area contributed by atoms with Crippen LogP contribution in [0.25, 0.3) is 16.6 Å². The number of hydrogen-bond donors (Lipinski definition) is 2. The molecule has 0 spiro atoms. The van der Waals surface area contributed by atoms with Crippen LogP contribution >= 0.6 is 11.8 Å². The summed E-state index contributed by atoms with van der Waals surface area (Å²) in [7, 11) is 1.65. The lowest BCUT2D eigenvalue weighted by Gasteiger charge is -2.20. The number of hydrogen-bond acceptors (Lipinski definition) is 6. The van der Waals surface area contributed by atoms with Crippen LogP contribution in [-0.4, -0.2) is 37.7 Å². The average molecular weight is 589 g/mol. The van der Waals surface area contributed by atoms with E-state index in [4.69, 9.17) is 4.74 Å². The molecule has 0 aliphatic carbocycles. The number of aromatic nitrogens is 5. The third-order valence-electron chi connectivity index (χ3n) is 7.36. The molecule has 3 aromatic carbocycles. The number of pyridine rings is 1. The van der Waals surface area contributed by atoms with Crippen LogP contribution in [0, 0.1) is 6.92 Å². The molecule has 0 fully saturated rings. The van der Waals surface area contributed by atoms with Gasteiger partial charge in [-0.1, -0.05) is 66.4 Å². The number of benzene rings is 3. The van der Waals surface area contributed by atoms with E-state index in [-0.39, 0.29) is 12.3 Å². The largest absolute Gasteiger partial charge is 0.497 e. The molecule has 3 aromatic heterocycles. The number of thioether (sulfide) groups is 1. The van der Waals surface area contributed by atoms with Gasteiger partial charge in [0.05, 0.1) is 25.3 Å². The number of rotatable bonds is 11. The standard InChI is InChI=1S/C34H32N6O2S/c1-23-29(28-13-6-7-14-30(28)36-23)21-32(41)37-31(20-24-10-4-3-5-11-24)33-38-39-34(43-22-25-12-8-9-19-35-25)40(33)26-15-17-27(42-2)18-16-26/h3-19,31,36H,20-22H2,1-2H3,(H,37,41). The number of carbonyl (C=O) groups is 1. The van der Waals surface area contributed by atoms with Crippen molar-refractivity contribution in [2.24, 2.45) is 0 Å². The lowest BCUT2D eigenvalue weighted by molar-refractivity contribution is -0.121. The van der Waals surface area contributed by atoms with E-state index in [1.807, 2.05) is 96.4 Å². The number of amides is 1. The molecule has 43 heavy (non-hydrogen) atoms. The summed E-state index contributed by atoms with van der Waals surface area (Å²) in [5.74, 6) is 1.96. The lowest BCUT2D eigenvalue weighted by atomic mass is 10.0. The number of carbonyl (C=O) groups excluding carboxylic acids is 1. The first-order valence-electron chi connectivity index (χ1n) is 14.1. The minimum absolute atomic E-state index is 0.0826. The predicted octanol–water partition coefficient (Wildman–Crippen LogP) is 6.40. The number of fused-ring (bicyclic) bond motifs is 1. The van der Waals surface area contributed by atoms with Crippen molar-refractivity contribution in [3.8, 4) is 11.4 Å². The van der Waals surface area contributed by atoms with Gasteiger partial charge in [-0.25, -0.2) is 0 Å². The Labute approximate surface area is 254 Å². The molecule has 0 aliphatic heterocycles. The smallest absolute Gasteiger partial charge is 0.225 e. The number of nitrogens with zero attached hydrogens (tertiary/aromatic N) is 4. The highest BCUT2D eigenvalue weighted by molar-refractivity contribution is 7.98. The maximum atomic E-state index is 13.7. The molecule has 0 aliphatic rings. The molecule has 0 bridgehead atoms. The number of nitrogens with one attached hydrogen (secondary N) is 2. The van der Waals surface area contributed by atoms with Crippen LogP contribution < -0.4 is 10.1 Å². The summed E-state index contributed by atoms with van der Waals surface area (Å²) in [6.45, 7) is 2.01. The van der Waals surface area contributed by atoms with Crippen molar-refractivity contribution in [2.75, 3.05) is 7.11 Å². The molecule has 0 radical (unpaired) electrons. The van der Waals surface area contributed by atoms with Gasteiger partial charge in [-0.05, 0) is 66.9 Å². The lowest BCUT2D eigenvalue weighted by Crippen LogP contribution is -2.33. The van der Waals surface area contributed by atoms with Crippen LogP contribution in [0.4, 0.5) is 0 Å². The fourth-order valence-electron chi connectivity index (χ4n) is 5.22. The van der Waals surface area contributed by atoms with E-state index in [0.29, 0.717) is 23.2 Å². The van der Waals surface area contributed by atoms with Crippen molar-refractivity contribution in [1.82, 2.24) is 30.0 Å². The average Bonchev–Trinajstić information content (AvgIpc) is 3.61. The van der Waals surface area contributed by atoms with E-state index in [0.717, 1.165) is 44.9 Å². The van der Waals surface area contributed by atoms with Gasteiger partial charge in [0.15, 0.2) is 11.0 Å². The van der Waals surface area contributed by atoms with Gasteiger partial charge in [0.1, 0.15) is 5.75 Å². The zero-order valence-corrected chi connectivity index (χ0v) is 24.8. The van der Waals surface area contributed by atoms with Crippen LogP contribution in [0.5, 0.6) is 5.75 Å². The van der Waals surface area contributed by atoms with Gasteiger partial charge in [0.2, 0.25) is 5.91 Å². The molecule has 1 atom stereocenters. The summed E-state index contributed by atoms with van der Waals surface area (Å²) in [6, 6.07) is 31.4. The molecule has 0 saturated carbocycles. The Hall–Kier alpha value is -4.89. The van der Waals surface area contributed by atoms with Crippen LogP contribution in [0.15, 0.2) is 108 Å². The fraction of sp³-hybridized carbons (Fsp3) is 0.176. The van der Waals surface area contributed by atoms with Crippen LogP contribution in [-0.2, 0) is 23.4 Å². The highest BCUT2D eigenvalue weighted by Gasteiger charge is 2.26. The molecule has 8 nitrogen and oxygen atoms in total. The first-order chi connectivity index (χ1) is 21.1. The van der Waals surface area contributed by atoms with E-state index < -0.39 is 6.04 Å². The van der Waals surface area contributed by atoms with Crippen LogP contribution in [0.3, 0.4) is 0 Å². The van der Waals surface area contributed by atoms with Gasteiger partial charge < -0.3 is 15.0 Å². The van der Waals surface area contributed by atoms with Gasteiger partial charge >= 0.3 is 0 Å². The van der Waals surface area contributed by atoms with Gasteiger partial charge in [0, 0.05) is 34.2 Å². The first kappa shape index (κ1) is 28.2. The van der Waals surface area contributed by atoms with Gasteiger partial charge in [0.25, 0.3) is 0 Å². The third-order valence-corrected chi connectivity index (χ3v) is 8.32. The molecular formula is C34H32N6O2S. The molecule has 2 N–H and O–H groups in total. The summed E-state index contributed by atoms with van der Waals surface area (Å²) in [4.78, 5) is 21.6. The molecule has 6 aromatic rings. The van der Waals surface area contributed by atoms with Gasteiger partial charge in [-0.3, -0.25) is 14.3 Å².